The van der Waals surface area contributed by atoms with Gasteiger partial charge in [0.05, 0.1) is 18.3 Å². The molecule has 0 fully saturated rings. The Morgan fingerprint density at radius 2 is 1.95 bits per heavy atom. The van der Waals surface area contributed by atoms with Gasteiger partial charge in [-0.3, -0.25) is 4.68 Å². The van der Waals surface area contributed by atoms with Crippen LogP contribution < -0.4 is 10.6 Å². The number of urea groups is 1. The summed E-state index contributed by atoms with van der Waals surface area (Å²) in [5.74, 6) is 0. The highest BCUT2D eigenvalue weighted by atomic mass is 32.1. The fourth-order valence-corrected chi connectivity index (χ4v) is 3.36. The Labute approximate surface area is 129 Å². The van der Waals surface area contributed by atoms with Crippen LogP contribution in [0.25, 0.3) is 0 Å². The van der Waals surface area contributed by atoms with Crippen LogP contribution in [0.15, 0.2) is 18.5 Å². The van der Waals surface area contributed by atoms with Crippen LogP contribution >= 0.6 is 11.3 Å². The van der Waals surface area contributed by atoms with Crippen LogP contribution in [-0.4, -0.2) is 15.8 Å². The van der Waals surface area contributed by atoms with E-state index in [1.54, 1.807) is 22.2 Å². The predicted molar refractivity (Wildman–Crippen MR) is 85.5 cm³/mol. The number of aromatic nitrogens is 2. The van der Waals surface area contributed by atoms with Crippen LogP contribution in [0, 0.1) is 13.8 Å². The molecule has 0 spiro atoms. The third kappa shape index (κ3) is 3.85. The third-order valence-electron chi connectivity index (χ3n) is 3.47. The van der Waals surface area contributed by atoms with Gasteiger partial charge < -0.3 is 10.6 Å². The molecule has 5 nitrogen and oxygen atoms in total. The minimum atomic E-state index is -0.165. The third-order valence-corrected chi connectivity index (χ3v) is 4.45. The predicted octanol–water partition coefficient (Wildman–Crippen LogP) is 3.22. The topological polar surface area (TPSA) is 59.0 Å². The van der Waals surface area contributed by atoms with Crippen LogP contribution in [0.4, 0.5) is 4.79 Å². The number of rotatable bonds is 4. The quantitative estimate of drug-likeness (QED) is 0.911. The molecular weight excluding hydrogens is 284 g/mol. The first-order valence-corrected chi connectivity index (χ1v) is 7.81. The molecule has 0 bridgehead atoms. The van der Waals surface area contributed by atoms with E-state index < -0.39 is 0 Å². The zero-order valence-electron chi connectivity index (χ0n) is 13.1. The normalized spacial score (nSPS) is 13.8. The van der Waals surface area contributed by atoms with Gasteiger partial charge in [0.2, 0.25) is 0 Å². The SMILES string of the molecule is Cc1cc([C@@H](C)NC(=O)N[C@H](C)c2cnn(C)c2)c(C)s1. The molecule has 0 aromatic carbocycles. The molecule has 6 heteroatoms. The summed E-state index contributed by atoms with van der Waals surface area (Å²) in [6.45, 7) is 8.11. The number of carbonyl (C=O) groups is 1. The fraction of sp³-hybridized carbons (Fsp3) is 0.467. The summed E-state index contributed by atoms with van der Waals surface area (Å²) in [6, 6.07) is 1.89. The first kappa shape index (κ1) is 15.6. The number of carbonyl (C=O) groups excluding carboxylic acids is 1. The number of nitrogens with zero attached hydrogens (tertiary/aromatic N) is 2. The second-order valence-electron chi connectivity index (χ2n) is 5.38. The van der Waals surface area contributed by atoms with Crippen molar-refractivity contribution in [1.29, 1.82) is 0 Å². The molecule has 2 rings (SSSR count). The molecule has 2 atom stereocenters. The molecule has 0 unspecified atom stereocenters. The van der Waals surface area contributed by atoms with Crippen molar-refractivity contribution in [1.82, 2.24) is 20.4 Å². The Balaban J connectivity index is 1.94. The van der Waals surface area contributed by atoms with E-state index in [2.05, 4.69) is 35.6 Å². The van der Waals surface area contributed by atoms with Gasteiger partial charge in [0.25, 0.3) is 0 Å². The van der Waals surface area contributed by atoms with Gasteiger partial charge in [-0.2, -0.15) is 5.10 Å². The van der Waals surface area contributed by atoms with Crippen molar-refractivity contribution in [2.24, 2.45) is 7.05 Å². The number of aryl methyl sites for hydroxylation is 3. The molecule has 0 aliphatic carbocycles. The van der Waals surface area contributed by atoms with E-state index in [0.717, 1.165) is 5.56 Å². The van der Waals surface area contributed by atoms with Crippen molar-refractivity contribution >= 4 is 17.4 Å². The second kappa shape index (κ2) is 6.30. The lowest BCUT2D eigenvalue weighted by molar-refractivity contribution is 0.235. The lowest BCUT2D eigenvalue weighted by Gasteiger charge is -2.17. The first-order valence-electron chi connectivity index (χ1n) is 6.99. The van der Waals surface area contributed by atoms with Crippen molar-refractivity contribution < 1.29 is 4.79 Å². The molecule has 2 aromatic rings. The molecule has 2 heterocycles. The average molecular weight is 306 g/mol. The Bertz CT molecular complexity index is 631. The van der Waals surface area contributed by atoms with Crippen LogP contribution in [0.5, 0.6) is 0 Å². The Morgan fingerprint density at radius 1 is 1.29 bits per heavy atom. The monoisotopic (exact) mass is 306 g/mol. The highest BCUT2D eigenvalue weighted by molar-refractivity contribution is 7.12. The molecule has 0 saturated carbocycles. The van der Waals surface area contributed by atoms with Gasteiger partial charge in [-0.05, 0) is 39.3 Å². The summed E-state index contributed by atoms with van der Waals surface area (Å²) in [6.07, 6.45) is 3.67. The highest BCUT2D eigenvalue weighted by Gasteiger charge is 2.16. The Morgan fingerprint density at radius 3 is 2.48 bits per heavy atom. The van der Waals surface area contributed by atoms with E-state index in [-0.39, 0.29) is 18.1 Å². The Hall–Kier alpha value is -1.82. The molecule has 0 aliphatic rings. The smallest absolute Gasteiger partial charge is 0.315 e. The number of thiophene rings is 1. The fourth-order valence-electron chi connectivity index (χ4n) is 2.34. The van der Waals surface area contributed by atoms with Gasteiger partial charge in [0.15, 0.2) is 0 Å². The maximum absolute atomic E-state index is 12.1. The van der Waals surface area contributed by atoms with E-state index in [4.69, 9.17) is 0 Å². The molecule has 0 radical (unpaired) electrons. The van der Waals surface area contributed by atoms with Crippen molar-refractivity contribution in [3.05, 3.63) is 39.3 Å². The van der Waals surface area contributed by atoms with Gasteiger partial charge >= 0.3 is 6.03 Å². The van der Waals surface area contributed by atoms with Gasteiger partial charge in [-0.1, -0.05) is 0 Å². The van der Waals surface area contributed by atoms with E-state index in [9.17, 15) is 4.79 Å². The number of nitrogens with one attached hydrogen (secondary N) is 2. The van der Waals surface area contributed by atoms with Gasteiger partial charge in [-0.15, -0.1) is 11.3 Å². The van der Waals surface area contributed by atoms with E-state index in [0.29, 0.717) is 0 Å². The van der Waals surface area contributed by atoms with Gasteiger partial charge in [0.1, 0.15) is 0 Å². The zero-order chi connectivity index (χ0) is 15.6. The van der Waals surface area contributed by atoms with Crippen molar-refractivity contribution in [2.75, 3.05) is 0 Å². The summed E-state index contributed by atoms with van der Waals surface area (Å²) >= 11 is 1.76. The average Bonchev–Trinajstić information content (AvgIpc) is 2.95. The maximum Gasteiger partial charge on any atom is 0.315 e. The van der Waals surface area contributed by atoms with Crippen LogP contribution in [0.1, 0.15) is 46.8 Å². The molecule has 0 aliphatic heterocycles. The molecule has 114 valence electrons. The van der Waals surface area contributed by atoms with Gasteiger partial charge in [-0.25, -0.2) is 4.79 Å². The van der Waals surface area contributed by atoms with E-state index in [1.807, 2.05) is 27.1 Å². The summed E-state index contributed by atoms with van der Waals surface area (Å²) < 4.78 is 1.73. The number of hydrogen-bond acceptors (Lipinski definition) is 3. The summed E-state index contributed by atoms with van der Waals surface area (Å²) in [4.78, 5) is 14.6. The molecule has 0 saturated heterocycles. The molecular formula is C15H22N4OS. The van der Waals surface area contributed by atoms with Gasteiger partial charge in [0, 0.05) is 28.6 Å². The summed E-state index contributed by atoms with van der Waals surface area (Å²) in [5, 5.41) is 10.0. The van der Waals surface area contributed by atoms with Crippen molar-refractivity contribution in [3.63, 3.8) is 0 Å². The number of hydrogen-bond donors (Lipinski definition) is 2. The molecule has 2 amide bonds. The lowest BCUT2D eigenvalue weighted by atomic mass is 10.1. The summed E-state index contributed by atoms with van der Waals surface area (Å²) in [7, 11) is 1.86. The molecule has 21 heavy (non-hydrogen) atoms. The first-order chi connectivity index (χ1) is 9.86. The van der Waals surface area contributed by atoms with Crippen molar-refractivity contribution in [2.45, 2.75) is 39.8 Å². The van der Waals surface area contributed by atoms with Crippen LogP contribution in [0.3, 0.4) is 0 Å². The van der Waals surface area contributed by atoms with Crippen LogP contribution in [-0.2, 0) is 7.05 Å². The van der Waals surface area contributed by atoms with E-state index in [1.165, 1.54) is 15.3 Å². The number of amides is 2. The largest absolute Gasteiger partial charge is 0.332 e. The van der Waals surface area contributed by atoms with Crippen molar-refractivity contribution in [3.8, 4) is 0 Å². The highest BCUT2D eigenvalue weighted by Crippen LogP contribution is 2.26. The molecule has 2 aromatic heterocycles. The molecule has 2 N–H and O–H groups in total. The minimum Gasteiger partial charge on any atom is -0.332 e. The second-order valence-corrected chi connectivity index (χ2v) is 6.84. The maximum atomic E-state index is 12.1. The minimum absolute atomic E-state index is 0.00366. The zero-order valence-corrected chi connectivity index (χ0v) is 13.9. The standard InChI is InChI=1S/C15H22N4OS/c1-9-6-14(12(4)21-9)11(3)18-15(20)17-10(2)13-7-16-19(5)8-13/h6-8,10-11H,1-5H3,(H2,17,18,20)/t10-,11-/m1/s1. The summed E-state index contributed by atoms with van der Waals surface area (Å²) in [5.41, 5.74) is 2.17. The van der Waals surface area contributed by atoms with E-state index >= 15 is 0 Å². The van der Waals surface area contributed by atoms with Crippen LogP contribution in [0.2, 0.25) is 0 Å². The lowest BCUT2D eigenvalue weighted by Crippen LogP contribution is -2.38. The Kier molecular flexibility index (Phi) is 4.67.